The molecule has 0 heterocycles. The molecule has 94 valence electrons. The molecule has 0 spiro atoms. The number of rotatable bonds is 5. The van der Waals surface area contributed by atoms with Crippen molar-refractivity contribution in [2.45, 2.75) is 0 Å². The first-order valence-corrected chi connectivity index (χ1v) is 4.94. The third kappa shape index (κ3) is 2.98. The Morgan fingerprint density at radius 3 is 2.50 bits per heavy atom. The van der Waals surface area contributed by atoms with Crippen LogP contribution in [-0.2, 0) is 9.59 Å². The highest BCUT2D eigenvalue weighted by Gasteiger charge is 2.13. The van der Waals surface area contributed by atoms with E-state index in [4.69, 9.17) is 14.6 Å². The lowest BCUT2D eigenvalue weighted by atomic mass is 10.1. The van der Waals surface area contributed by atoms with Crippen LogP contribution >= 0.6 is 0 Å². The highest BCUT2D eigenvalue weighted by Crippen LogP contribution is 2.30. The molecule has 0 fully saturated rings. The number of carboxylic acids is 1. The minimum absolute atomic E-state index is 0.0742. The van der Waals surface area contributed by atoms with Gasteiger partial charge in [-0.25, -0.2) is 9.59 Å². The summed E-state index contributed by atoms with van der Waals surface area (Å²) in [6.07, 6.45) is 1.02. The molecule has 0 bridgehead atoms. The Hall–Kier alpha value is -2.56. The van der Waals surface area contributed by atoms with E-state index in [0.29, 0.717) is 5.56 Å². The topological polar surface area (TPSA) is 72.8 Å². The van der Waals surface area contributed by atoms with Crippen LogP contribution in [0.4, 0.5) is 0 Å². The van der Waals surface area contributed by atoms with E-state index in [2.05, 4.69) is 13.2 Å². The molecule has 1 N–H and O–H groups in total. The lowest BCUT2D eigenvalue weighted by molar-refractivity contribution is -0.130. The van der Waals surface area contributed by atoms with E-state index in [-0.39, 0.29) is 17.1 Å². The molecule has 0 unspecified atom stereocenters. The minimum atomic E-state index is -1.13. The molecule has 0 saturated carbocycles. The first-order valence-electron chi connectivity index (χ1n) is 4.94. The molecular weight excluding hydrogens is 236 g/mol. The van der Waals surface area contributed by atoms with Gasteiger partial charge in [0.15, 0.2) is 11.5 Å². The number of hydrogen-bond donors (Lipinski definition) is 1. The van der Waals surface area contributed by atoms with Crippen molar-refractivity contribution in [2.24, 2.45) is 0 Å². The molecule has 0 aliphatic rings. The van der Waals surface area contributed by atoms with Gasteiger partial charge in [-0.3, -0.25) is 0 Å². The minimum Gasteiger partial charge on any atom is -0.493 e. The average molecular weight is 248 g/mol. The summed E-state index contributed by atoms with van der Waals surface area (Å²) < 4.78 is 9.94. The largest absolute Gasteiger partial charge is 0.493 e. The number of aliphatic carboxylic acids is 1. The summed E-state index contributed by atoms with van der Waals surface area (Å²) in [5.41, 5.74) is 0.299. The number of carbonyl (C=O) groups excluding carboxylic acids is 1. The number of hydrogen-bond acceptors (Lipinski definition) is 4. The predicted octanol–water partition coefficient (Wildman–Crippen LogP) is 1.88. The van der Waals surface area contributed by atoms with Gasteiger partial charge in [0.05, 0.1) is 12.7 Å². The SMILES string of the molecule is C=CC(=O)Oc1ccc(C(=C)C(=O)O)cc1OC. The molecule has 0 amide bonds. The van der Waals surface area contributed by atoms with Gasteiger partial charge in [0.1, 0.15) is 0 Å². The maximum Gasteiger partial charge on any atom is 0.335 e. The first kappa shape index (κ1) is 13.5. The van der Waals surface area contributed by atoms with Crippen LogP contribution in [0.5, 0.6) is 11.5 Å². The van der Waals surface area contributed by atoms with Crippen molar-refractivity contribution in [2.75, 3.05) is 7.11 Å². The lowest BCUT2D eigenvalue weighted by Crippen LogP contribution is -2.05. The van der Waals surface area contributed by atoms with Crippen molar-refractivity contribution in [1.29, 1.82) is 0 Å². The summed E-state index contributed by atoms with van der Waals surface area (Å²) in [7, 11) is 1.38. The summed E-state index contributed by atoms with van der Waals surface area (Å²) in [5, 5.41) is 8.81. The maximum atomic E-state index is 11.1. The predicted molar refractivity (Wildman–Crippen MR) is 65.5 cm³/mol. The van der Waals surface area contributed by atoms with Crippen LogP contribution in [0.2, 0.25) is 0 Å². The Kier molecular flexibility index (Phi) is 4.26. The number of benzene rings is 1. The van der Waals surface area contributed by atoms with Gasteiger partial charge in [0.25, 0.3) is 0 Å². The van der Waals surface area contributed by atoms with Crippen LogP contribution in [0.3, 0.4) is 0 Å². The molecule has 18 heavy (non-hydrogen) atoms. The number of carboxylic acid groups (broad SMARTS) is 1. The molecule has 5 heteroatoms. The van der Waals surface area contributed by atoms with Gasteiger partial charge in [-0.05, 0) is 17.7 Å². The highest BCUT2D eigenvalue weighted by atomic mass is 16.6. The fourth-order valence-corrected chi connectivity index (χ4v) is 1.21. The fourth-order valence-electron chi connectivity index (χ4n) is 1.21. The monoisotopic (exact) mass is 248 g/mol. The van der Waals surface area contributed by atoms with Crippen LogP contribution in [-0.4, -0.2) is 24.2 Å². The van der Waals surface area contributed by atoms with Gasteiger partial charge in [-0.2, -0.15) is 0 Å². The Morgan fingerprint density at radius 2 is 2.00 bits per heavy atom. The van der Waals surface area contributed by atoms with Crippen LogP contribution in [0.1, 0.15) is 5.56 Å². The molecule has 0 saturated heterocycles. The number of methoxy groups -OCH3 is 1. The number of esters is 1. The van der Waals surface area contributed by atoms with Crippen molar-refractivity contribution >= 4 is 17.5 Å². The molecule has 0 aliphatic carbocycles. The van der Waals surface area contributed by atoms with E-state index in [0.717, 1.165) is 6.08 Å². The highest BCUT2D eigenvalue weighted by molar-refractivity contribution is 6.14. The van der Waals surface area contributed by atoms with E-state index < -0.39 is 11.9 Å². The van der Waals surface area contributed by atoms with Crippen LogP contribution < -0.4 is 9.47 Å². The van der Waals surface area contributed by atoms with Crippen molar-refractivity contribution in [1.82, 2.24) is 0 Å². The maximum absolute atomic E-state index is 11.1. The van der Waals surface area contributed by atoms with Crippen molar-refractivity contribution in [3.63, 3.8) is 0 Å². The Bertz CT molecular complexity index is 516. The zero-order chi connectivity index (χ0) is 13.7. The van der Waals surface area contributed by atoms with Crippen molar-refractivity contribution in [3.05, 3.63) is 43.0 Å². The van der Waals surface area contributed by atoms with Gasteiger partial charge in [-0.15, -0.1) is 0 Å². The van der Waals surface area contributed by atoms with Crippen LogP contribution in [0, 0.1) is 0 Å². The third-order valence-corrected chi connectivity index (χ3v) is 2.15. The molecule has 0 aliphatic heterocycles. The van der Waals surface area contributed by atoms with E-state index in [9.17, 15) is 9.59 Å². The third-order valence-electron chi connectivity index (χ3n) is 2.15. The second kappa shape index (κ2) is 5.67. The van der Waals surface area contributed by atoms with Gasteiger partial charge in [0, 0.05) is 6.08 Å². The van der Waals surface area contributed by atoms with Gasteiger partial charge >= 0.3 is 11.9 Å². The summed E-state index contributed by atoms with van der Waals surface area (Å²) in [5.74, 6) is -1.33. The molecule has 1 aromatic rings. The summed E-state index contributed by atoms with van der Waals surface area (Å²) >= 11 is 0. The van der Waals surface area contributed by atoms with Crippen LogP contribution in [0.15, 0.2) is 37.4 Å². The molecule has 0 aromatic heterocycles. The standard InChI is InChI=1S/C13H12O5/c1-4-12(14)18-10-6-5-9(7-11(10)17-3)8(2)13(15)16/h4-7H,1-2H2,3H3,(H,15,16). The number of ether oxygens (including phenoxy) is 2. The Morgan fingerprint density at radius 1 is 1.33 bits per heavy atom. The van der Waals surface area contributed by atoms with Crippen molar-refractivity contribution < 1.29 is 24.2 Å². The van der Waals surface area contributed by atoms with E-state index in [1.54, 1.807) is 0 Å². The Balaban J connectivity index is 3.11. The van der Waals surface area contributed by atoms with Gasteiger partial charge in [0.2, 0.25) is 0 Å². The van der Waals surface area contributed by atoms with E-state index in [1.165, 1.54) is 25.3 Å². The second-order valence-corrected chi connectivity index (χ2v) is 3.27. The van der Waals surface area contributed by atoms with Gasteiger partial charge in [-0.1, -0.05) is 19.2 Å². The molecular formula is C13H12O5. The quantitative estimate of drug-likeness (QED) is 0.489. The summed E-state index contributed by atoms with van der Waals surface area (Å²) in [6, 6.07) is 4.34. The summed E-state index contributed by atoms with van der Waals surface area (Å²) in [6.45, 7) is 6.70. The van der Waals surface area contributed by atoms with E-state index >= 15 is 0 Å². The Labute approximate surface area is 104 Å². The molecule has 1 rings (SSSR count). The number of carbonyl (C=O) groups is 2. The second-order valence-electron chi connectivity index (χ2n) is 3.27. The zero-order valence-electron chi connectivity index (χ0n) is 9.80. The molecule has 5 nitrogen and oxygen atoms in total. The first-order chi connectivity index (χ1) is 8.49. The smallest absolute Gasteiger partial charge is 0.335 e. The average Bonchev–Trinajstić information content (AvgIpc) is 2.37. The molecule has 1 aromatic carbocycles. The lowest BCUT2D eigenvalue weighted by Gasteiger charge is -2.09. The molecule has 0 atom stereocenters. The summed E-state index contributed by atoms with van der Waals surface area (Å²) in [4.78, 5) is 21.8. The zero-order valence-corrected chi connectivity index (χ0v) is 9.80. The molecule has 0 radical (unpaired) electrons. The van der Waals surface area contributed by atoms with Crippen molar-refractivity contribution in [3.8, 4) is 11.5 Å². The van der Waals surface area contributed by atoms with Crippen LogP contribution in [0.25, 0.3) is 5.57 Å². The fraction of sp³-hybridized carbons (Fsp3) is 0.0769. The van der Waals surface area contributed by atoms with Gasteiger partial charge < -0.3 is 14.6 Å². The normalized spacial score (nSPS) is 9.39. The van der Waals surface area contributed by atoms with E-state index in [1.807, 2.05) is 0 Å².